The molecule has 0 aliphatic carbocycles. The maximum absolute atomic E-state index is 12.3. The number of carbonyl (C=O) groups excluding carboxylic acids is 2. The molecule has 1 aliphatic heterocycles. The second-order valence-electron chi connectivity index (χ2n) is 5.41. The van der Waals surface area contributed by atoms with Gasteiger partial charge in [-0.1, -0.05) is 18.2 Å². The third-order valence-electron chi connectivity index (χ3n) is 3.63. The largest absolute Gasteiger partial charge is 0.349 e. The Morgan fingerprint density at radius 1 is 1.33 bits per heavy atom. The number of nitrogens with one attached hydrogen (secondary N) is 2. The van der Waals surface area contributed by atoms with Gasteiger partial charge in [0.2, 0.25) is 5.84 Å². The van der Waals surface area contributed by atoms with Crippen molar-refractivity contribution in [1.82, 2.24) is 10.7 Å². The number of rotatable bonds is 5. The lowest BCUT2D eigenvalue weighted by Gasteiger charge is -2.30. The van der Waals surface area contributed by atoms with Crippen molar-refractivity contribution >= 4 is 34.7 Å². The minimum Gasteiger partial charge on any atom is -0.349 e. The van der Waals surface area contributed by atoms with Crippen LogP contribution < -0.4 is 15.8 Å². The van der Waals surface area contributed by atoms with Crippen molar-refractivity contribution in [3.8, 4) is 0 Å². The van der Waals surface area contributed by atoms with E-state index in [-0.39, 0.29) is 17.6 Å². The average molecular weight is 342 g/mol. The zero-order valence-electron chi connectivity index (χ0n) is 13.2. The van der Waals surface area contributed by atoms with Crippen molar-refractivity contribution in [3.05, 3.63) is 52.7 Å². The van der Waals surface area contributed by atoms with Gasteiger partial charge >= 0.3 is 0 Å². The Balaban J connectivity index is 1.65. The highest BCUT2D eigenvalue weighted by molar-refractivity contribution is 7.07. The Labute approximate surface area is 144 Å². The van der Waals surface area contributed by atoms with Gasteiger partial charge in [0.25, 0.3) is 11.8 Å². The zero-order valence-corrected chi connectivity index (χ0v) is 14.0. The van der Waals surface area contributed by atoms with Gasteiger partial charge in [-0.15, -0.1) is 0 Å². The molecule has 0 saturated heterocycles. The molecule has 0 bridgehead atoms. The van der Waals surface area contributed by atoms with E-state index in [1.807, 2.05) is 29.6 Å². The Morgan fingerprint density at radius 3 is 2.83 bits per heavy atom. The average Bonchev–Trinajstić information content (AvgIpc) is 3.11. The number of anilines is 1. The van der Waals surface area contributed by atoms with Crippen molar-refractivity contribution in [1.29, 1.82) is 0 Å². The molecule has 24 heavy (non-hydrogen) atoms. The molecular weight excluding hydrogens is 324 g/mol. The van der Waals surface area contributed by atoms with Gasteiger partial charge in [0, 0.05) is 6.54 Å². The van der Waals surface area contributed by atoms with Crippen molar-refractivity contribution in [2.45, 2.75) is 19.4 Å². The first-order chi connectivity index (χ1) is 11.6. The number of benzene rings is 1. The van der Waals surface area contributed by atoms with E-state index in [1.54, 1.807) is 30.4 Å². The van der Waals surface area contributed by atoms with E-state index in [0.29, 0.717) is 12.2 Å². The molecule has 0 saturated carbocycles. The van der Waals surface area contributed by atoms with Gasteiger partial charge < -0.3 is 5.32 Å². The number of aliphatic imine (C=N–C) groups is 1. The zero-order chi connectivity index (χ0) is 16.9. The summed E-state index contributed by atoms with van der Waals surface area (Å²) in [6.45, 7) is 2.20. The molecule has 2 heterocycles. The molecule has 1 aromatic heterocycles. The number of carbonyl (C=O) groups is 2. The molecule has 1 aromatic carbocycles. The van der Waals surface area contributed by atoms with Crippen LogP contribution in [-0.4, -0.2) is 30.2 Å². The van der Waals surface area contributed by atoms with Crippen molar-refractivity contribution in [2.24, 2.45) is 4.99 Å². The number of para-hydroxylation sites is 1. The van der Waals surface area contributed by atoms with Crippen LogP contribution in [0.5, 0.6) is 0 Å². The van der Waals surface area contributed by atoms with Crippen LogP contribution in [0.3, 0.4) is 0 Å². The lowest BCUT2D eigenvalue weighted by molar-refractivity contribution is -0.120. The lowest BCUT2D eigenvalue weighted by atomic mass is 10.2. The maximum Gasteiger partial charge on any atom is 0.288 e. The van der Waals surface area contributed by atoms with Crippen LogP contribution in [0.25, 0.3) is 0 Å². The minimum atomic E-state index is -0.607. The van der Waals surface area contributed by atoms with Crippen LogP contribution in [0.4, 0.5) is 5.69 Å². The van der Waals surface area contributed by atoms with E-state index in [0.717, 1.165) is 6.42 Å². The van der Waals surface area contributed by atoms with E-state index < -0.39 is 6.04 Å². The molecule has 0 radical (unpaired) electrons. The highest BCUT2D eigenvalue weighted by Gasteiger charge is 2.30. The third-order valence-corrected chi connectivity index (χ3v) is 4.36. The Hall–Kier alpha value is -2.67. The predicted octanol–water partition coefficient (Wildman–Crippen LogP) is 1.75. The van der Waals surface area contributed by atoms with Gasteiger partial charge in [0.15, 0.2) is 0 Å². The van der Waals surface area contributed by atoms with Crippen LogP contribution in [0.15, 0.2) is 52.2 Å². The van der Waals surface area contributed by atoms with Gasteiger partial charge in [0.05, 0.1) is 5.69 Å². The molecule has 2 aromatic rings. The highest BCUT2D eigenvalue weighted by Crippen LogP contribution is 2.15. The van der Waals surface area contributed by atoms with Gasteiger partial charge in [-0.25, -0.2) is 10.0 Å². The molecule has 0 spiro atoms. The maximum atomic E-state index is 12.3. The number of hydrogen-bond acceptors (Lipinski definition) is 5. The molecule has 3 rings (SSSR count). The topological polar surface area (TPSA) is 73.8 Å². The summed E-state index contributed by atoms with van der Waals surface area (Å²) >= 11 is 1.63. The second-order valence-corrected chi connectivity index (χ2v) is 6.19. The monoisotopic (exact) mass is 342 g/mol. The summed E-state index contributed by atoms with van der Waals surface area (Å²) < 4.78 is 0. The number of amides is 2. The molecule has 2 amide bonds. The summed E-state index contributed by atoms with van der Waals surface area (Å²) in [5.41, 5.74) is 4.68. The van der Waals surface area contributed by atoms with Crippen molar-refractivity contribution in [3.63, 3.8) is 0 Å². The normalized spacial score (nSPS) is 17.2. The summed E-state index contributed by atoms with van der Waals surface area (Å²) in [7, 11) is 0. The molecule has 1 atom stereocenters. The quantitative estimate of drug-likeness (QED) is 0.869. The molecule has 7 heteroatoms. The summed E-state index contributed by atoms with van der Waals surface area (Å²) in [5, 5.41) is 8.26. The molecule has 0 fully saturated rings. The third kappa shape index (κ3) is 3.62. The second kappa shape index (κ2) is 7.27. The highest BCUT2D eigenvalue weighted by atomic mass is 32.1. The van der Waals surface area contributed by atoms with Gasteiger partial charge in [-0.05, 0) is 47.9 Å². The summed E-state index contributed by atoms with van der Waals surface area (Å²) in [6.07, 6.45) is 0.763. The van der Waals surface area contributed by atoms with E-state index >= 15 is 0 Å². The smallest absolute Gasteiger partial charge is 0.288 e. The number of hydrazine groups is 1. The fourth-order valence-electron chi connectivity index (χ4n) is 2.34. The van der Waals surface area contributed by atoms with Gasteiger partial charge in [0.1, 0.15) is 6.04 Å². The fraction of sp³-hybridized carbons (Fsp3) is 0.235. The fourth-order valence-corrected chi connectivity index (χ4v) is 3.05. The summed E-state index contributed by atoms with van der Waals surface area (Å²) in [5.74, 6) is -0.363. The van der Waals surface area contributed by atoms with E-state index in [4.69, 9.17) is 0 Å². The molecular formula is C17H18N4O2S. The first-order valence-corrected chi connectivity index (χ1v) is 8.62. The molecule has 6 nitrogen and oxygen atoms in total. The Bertz CT molecular complexity index is 743. The van der Waals surface area contributed by atoms with E-state index in [1.165, 1.54) is 10.6 Å². The van der Waals surface area contributed by atoms with Crippen LogP contribution in [-0.2, 0) is 16.0 Å². The SMILES string of the molecule is C[C@@H]1N=C(C(=O)NCCc2ccsc2)NN(c2ccccc2)C1=O. The first kappa shape index (κ1) is 16.2. The Morgan fingerprint density at radius 2 is 2.12 bits per heavy atom. The number of amidine groups is 1. The van der Waals surface area contributed by atoms with Crippen LogP contribution in [0.1, 0.15) is 12.5 Å². The lowest BCUT2D eigenvalue weighted by Crippen LogP contribution is -2.58. The summed E-state index contributed by atoms with van der Waals surface area (Å²) in [6, 6.07) is 10.6. The molecule has 0 unspecified atom stereocenters. The van der Waals surface area contributed by atoms with E-state index in [2.05, 4.69) is 21.1 Å². The van der Waals surface area contributed by atoms with E-state index in [9.17, 15) is 9.59 Å². The molecule has 124 valence electrons. The van der Waals surface area contributed by atoms with Crippen LogP contribution in [0, 0.1) is 0 Å². The van der Waals surface area contributed by atoms with Crippen LogP contribution in [0.2, 0.25) is 0 Å². The Kier molecular flexibility index (Phi) is 4.90. The number of nitrogens with zero attached hydrogens (tertiary/aromatic N) is 2. The van der Waals surface area contributed by atoms with Crippen molar-refractivity contribution < 1.29 is 9.59 Å². The predicted molar refractivity (Wildman–Crippen MR) is 95.0 cm³/mol. The summed E-state index contributed by atoms with van der Waals surface area (Å²) in [4.78, 5) is 28.8. The standard InChI is InChI=1S/C17H18N4O2S/c1-12-17(23)21(14-5-3-2-4-6-14)20-15(19-12)16(22)18-9-7-13-8-10-24-11-13/h2-6,8,10-12H,7,9H2,1H3,(H,18,22)(H,19,20)/t12-/m0/s1. The molecule has 2 N–H and O–H groups in total. The molecule has 1 aliphatic rings. The first-order valence-electron chi connectivity index (χ1n) is 7.68. The van der Waals surface area contributed by atoms with Crippen LogP contribution >= 0.6 is 11.3 Å². The van der Waals surface area contributed by atoms with Gasteiger partial charge in [-0.2, -0.15) is 11.3 Å². The number of thiophene rings is 1. The van der Waals surface area contributed by atoms with Crippen molar-refractivity contribution in [2.75, 3.05) is 11.6 Å². The van der Waals surface area contributed by atoms with Gasteiger partial charge in [-0.3, -0.25) is 15.0 Å². The number of hydrogen-bond donors (Lipinski definition) is 2. The minimum absolute atomic E-state index is 0.149.